The highest BCUT2D eigenvalue weighted by atomic mass is 28.3. The lowest BCUT2D eigenvalue weighted by Gasteiger charge is -2.10. The van der Waals surface area contributed by atoms with Crippen molar-refractivity contribution >= 4 is 9.53 Å². The summed E-state index contributed by atoms with van der Waals surface area (Å²) in [7, 11) is -2.29. The lowest BCUT2D eigenvalue weighted by Crippen LogP contribution is -2.29. The minimum atomic E-state index is -2.29. The van der Waals surface area contributed by atoms with Crippen LogP contribution in [-0.4, -0.2) is 14.3 Å². The number of benzene rings is 2. The first-order valence-electron chi connectivity index (χ1n) is 4.86. The van der Waals surface area contributed by atoms with Gasteiger partial charge in [-0.3, -0.25) is 0 Å². The van der Waals surface area contributed by atoms with Gasteiger partial charge in [0.15, 0.2) is 0 Å². The van der Waals surface area contributed by atoms with Crippen molar-refractivity contribution in [2.75, 3.05) is 0 Å². The Bertz CT molecular complexity index is 377. The first-order chi connectivity index (χ1) is 7.84. The third-order valence-corrected chi connectivity index (χ3v) is 2.72. The molecule has 0 atom stereocenters. The third kappa shape index (κ3) is 3.11. The van der Waals surface area contributed by atoms with E-state index in [2.05, 4.69) is 0 Å². The summed E-state index contributed by atoms with van der Waals surface area (Å²) in [6, 6.07) is 18.2. The van der Waals surface area contributed by atoms with E-state index in [1.165, 1.54) is 0 Å². The van der Waals surface area contributed by atoms with E-state index in [0.717, 1.165) is 0 Å². The van der Waals surface area contributed by atoms with Gasteiger partial charge in [0, 0.05) is 0 Å². The maximum Gasteiger partial charge on any atom is 0.733 e. The van der Waals surface area contributed by atoms with Crippen LogP contribution >= 0.6 is 0 Å². The van der Waals surface area contributed by atoms with Crippen LogP contribution < -0.4 is 8.85 Å². The van der Waals surface area contributed by atoms with Gasteiger partial charge in [0.1, 0.15) is 11.5 Å². The molecule has 0 aliphatic heterocycles. The van der Waals surface area contributed by atoms with E-state index in [9.17, 15) is 4.80 Å². The predicted molar refractivity (Wildman–Crippen MR) is 62.1 cm³/mol. The second-order valence-corrected chi connectivity index (χ2v) is 4.04. The Morgan fingerprint density at radius 3 is 1.44 bits per heavy atom. The first kappa shape index (κ1) is 10.7. The number of hydrogen-bond donors (Lipinski definition) is 1. The normalized spacial score (nSPS) is 10.1. The van der Waals surface area contributed by atoms with Crippen LogP contribution in [0, 0.1) is 0 Å². The van der Waals surface area contributed by atoms with Crippen LogP contribution in [0.3, 0.4) is 0 Å². The van der Waals surface area contributed by atoms with E-state index >= 15 is 0 Å². The van der Waals surface area contributed by atoms with E-state index < -0.39 is 9.53 Å². The summed E-state index contributed by atoms with van der Waals surface area (Å²) >= 11 is 0. The van der Waals surface area contributed by atoms with Crippen LogP contribution in [0.5, 0.6) is 11.5 Å². The van der Waals surface area contributed by atoms with E-state index in [1.54, 1.807) is 24.3 Å². The minimum absolute atomic E-state index is 0.606. The molecule has 0 saturated heterocycles. The largest absolute Gasteiger partial charge is 0.733 e. The molecular weight excluding hydrogens is 220 g/mol. The van der Waals surface area contributed by atoms with Crippen LogP contribution in [0.15, 0.2) is 60.7 Å². The summed E-state index contributed by atoms with van der Waals surface area (Å²) < 4.78 is 10.5. The molecule has 0 bridgehead atoms. The summed E-state index contributed by atoms with van der Waals surface area (Å²) in [6.45, 7) is 0. The second-order valence-electron chi connectivity index (χ2n) is 3.10. The molecular formula is C12H11O3Si. The Hall–Kier alpha value is -1.78. The molecule has 0 aromatic heterocycles. The summed E-state index contributed by atoms with van der Waals surface area (Å²) in [5, 5.41) is 0. The molecule has 4 heteroatoms. The Morgan fingerprint density at radius 1 is 0.688 bits per heavy atom. The number of para-hydroxylation sites is 2. The molecule has 0 unspecified atom stereocenters. The van der Waals surface area contributed by atoms with Crippen molar-refractivity contribution in [1.82, 2.24) is 0 Å². The van der Waals surface area contributed by atoms with Crippen molar-refractivity contribution in [2.24, 2.45) is 0 Å². The molecule has 0 spiro atoms. The molecule has 2 aromatic carbocycles. The lowest BCUT2D eigenvalue weighted by molar-refractivity contribution is 0.298. The van der Waals surface area contributed by atoms with Gasteiger partial charge in [0.05, 0.1) is 0 Å². The maximum atomic E-state index is 9.61. The zero-order valence-corrected chi connectivity index (χ0v) is 9.54. The molecule has 0 amide bonds. The van der Waals surface area contributed by atoms with Crippen LogP contribution in [0.4, 0.5) is 0 Å². The predicted octanol–water partition coefficient (Wildman–Crippen LogP) is 2.12. The van der Waals surface area contributed by atoms with Gasteiger partial charge in [0.2, 0.25) is 0 Å². The minimum Gasteiger partial charge on any atom is -0.489 e. The van der Waals surface area contributed by atoms with Gasteiger partial charge in [0.25, 0.3) is 0 Å². The quantitative estimate of drug-likeness (QED) is 0.819. The van der Waals surface area contributed by atoms with Gasteiger partial charge in [-0.05, 0) is 24.3 Å². The van der Waals surface area contributed by atoms with Crippen molar-refractivity contribution in [1.29, 1.82) is 0 Å². The molecule has 0 aliphatic rings. The highest BCUT2D eigenvalue weighted by Crippen LogP contribution is 2.12. The fourth-order valence-corrected chi connectivity index (χ4v) is 1.92. The fraction of sp³-hybridized carbons (Fsp3) is 0. The van der Waals surface area contributed by atoms with Gasteiger partial charge < -0.3 is 13.6 Å². The molecule has 0 heterocycles. The highest BCUT2D eigenvalue weighted by Gasteiger charge is 2.18. The summed E-state index contributed by atoms with van der Waals surface area (Å²) in [5.74, 6) is 1.21. The van der Waals surface area contributed by atoms with Crippen molar-refractivity contribution in [3.05, 3.63) is 60.7 Å². The maximum absolute atomic E-state index is 9.61. The SMILES string of the molecule is O[Si](Oc1ccccc1)Oc1ccccc1. The van der Waals surface area contributed by atoms with Crippen LogP contribution in [0.1, 0.15) is 0 Å². The molecule has 0 aliphatic carbocycles. The topological polar surface area (TPSA) is 38.7 Å². The monoisotopic (exact) mass is 231 g/mol. The molecule has 1 N–H and O–H groups in total. The van der Waals surface area contributed by atoms with Crippen molar-refractivity contribution in [3.63, 3.8) is 0 Å². The summed E-state index contributed by atoms with van der Waals surface area (Å²) in [4.78, 5) is 9.61. The van der Waals surface area contributed by atoms with Crippen LogP contribution in [-0.2, 0) is 0 Å². The first-order valence-corrected chi connectivity index (χ1v) is 6.13. The standard InChI is InChI=1S/C12H11O3Si/c13-16(14-11-7-3-1-4-8-11)15-12-9-5-2-6-10-12/h1-10,13H. The van der Waals surface area contributed by atoms with Gasteiger partial charge in [-0.25, -0.2) is 0 Å². The van der Waals surface area contributed by atoms with Gasteiger partial charge in [-0.1, -0.05) is 36.4 Å². The molecule has 1 radical (unpaired) electrons. The fourth-order valence-electron chi connectivity index (χ4n) is 1.20. The van der Waals surface area contributed by atoms with Crippen molar-refractivity contribution in [3.8, 4) is 11.5 Å². The van der Waals surface area contributed by atoms with Crippen molar-refractivity contribution < 1.29 is 13.6 Å². The van der Waals surface area contributed by atoms with Gasteiger partial charge in [-0.15, -0.1) is 0 Å². The van der Waals surface area contributed by atoms with Gasteiger partial charge >= 0.3 is 9.53 Å². The third-order valence-electron chi connectivity index (χ3n) is 1.90. The Morgan fingerprint density at radius 2 is 1.06 bits per heavy atom. The van der Waals surface area contributed by atoms with E-state index in [-0.39, 0.29) is 0 Å². The van der Waals surface area contributed by atoms with E-state index in [0.29, 0.717) is 11.5 Å². The van der Waals surface area contributed by atoms with E-state index in [4.69, 9.17) is 8.85 Å². The van der Waals surface area contributed by atoms with Crippen LogP contribution in [0.2, 0.25) is 0 Å². The molecule has 16 heavy (non-hydrogen) atoms. The number of hydrogen-bond acceptors (Lipinski definition) is 3. The molecule has 2 rings (SSSR count). The lowest BCUT2D eigenvalue weighted by atomic mass is 10.3. The summed E-state index contributed by atoms with van der Waals surface area (Å²) in [6.07, 6.45) is 0. The number of rotatable bonds is 4. The molecule has 3 nitrogen and oxygen atoms in total. The zero-order chi connectivity index (χ0) is 11.2. The molecule has 81 valence electrons. The Labute approximate surface area is 95.9 Å². The van der Waals surface area contributed by atoms with E-state index in [1.807, 2.05) is 36.4 Å². The van der Waals surface area contributed by atoms with Crippen LogP contribution in [0.25, 0.3) is 0 Å². The summed E-state index contributed by atoms with van der Waals surface area (Å²) in [5.41, 5.74) is 0. The second kappa shape index (κ2) is 5.34. The molecule has 0 saturated carbocycles. The molecule has 0 fully saturated rings. The zero-order valence-electron chi connectivity index (χ0n) is 8.54. The average Bonchev–Trinajstić information content (AvgIpc) is 2.31. The molecule has 2 aromatic rings. The Kier molecular flexibility index (Phi) is 3.58. The Balaban J connectivity index is 1.92. The van der Waals surface area contributed by atoms with Gasteiger partial charge in [-0.2, -0.15) is 0 Å². The average molecular weight is 231 g/mol. The highest BCUT2D eigenvalue weighted by molar-refractivity contribution is 6.36. The smallest absolute Gasteiger partial charge is 0.489 e. The van der Waals surface area contributed by atoms with Crippen molar-refractivity contribution in [2.45, 2.75) is 0 Å².